The number of hydrogen-bond donors (Lipinski definition) is 3. The van der Waals surface area contributed by atoms with E-state index in [-0.39, 0.29) is 11.5 Å². The average Bonchev–Trinajstić information content (AvgIpc) is 3.08. The Morgan fingerprint density at radius 1 is 0.979 bits per heavy atom. The van der Waals surface area contributed by atoms with Crippen LogP contribution in [0.3, 0.4) is 0 Å². The highest BCUT2D eigenvalue weighted by Gasteiger charge is 2.38. The Labute approximate surface area is 283 Å². The third kappa shape index (κ3) is 8.16. The van der Waals surface area contributed by atoms with Gasteiger partial charge in [0.1, 0.15) is 0 Å². The summed E-state index contributed by atoms with van der Waals surface area (Å²) in [6.07, 6.45) is 12.5. The van der Waals surface area contributed by atoms with Crippen molar-refractivity contribution in [1.82, 2.24) is 14.8 Å². The van der Waals surface area contributed by atoms with Gasteiger partial charge in [-0.3, -0.25) is 9.59 Å². The summed E-state index contributed by atoms with van der Waals surface area (Å²) in [5, 5.41) is 17.0. The van der Waals surface area contributed by atoms with Crippen LogP contribution < -0.4 is 16.6 Å². The summed E-state index contributed by atoms with van der Waals surface area (Å²) < 4.78 is 1.57. The first-order valence-corrected chi connectivity index (χ1v) is 16.8. The summed E-state index contributed by atoms with van der Waals surface area (Å²) in [5.41, 5.74) is 8.32. The number of nitrogens with one attached hydrogen (secondary N) is 1. The third-order valence-corrected chi connectivity index (χ3v) is 9.10. The van der Waals surface area contributed by atoms with Crippen molar-refractivity contribution in [1.29, 1.82) is 0 Å². The molecule has 0 spiro atoms. The summed E-state index contributed by atoms with van der Waals surface area (Å²) in [5.74, 6) is -0.154. The normalized spacial score (nSPS) is 12.9. The maximum atomic E-state index is 13.0. The number of carbonyl (C=O) groups excluding carboxylic acids is 1. The van der Waals surface area contributed by atoms with Crippen molar-refractivity contribution in [2.45, 2.75) is 63.9 Å². The topological polar surface area (TPSA) is 101 Å². The number of amides is 1. The molecule has 4 rings (SSSR count). The first-order valence-electron chi connectivity index (χ1n) is 16.4. The number of rotatable bonds is 16. The van der Waals surface area contributed by atoms with Gasteiger partial charge in [0.2, 0.25) is 0 Å². The van der Waals surface area contributed by atoms with E-state index in [1.54, 1.807) is 72.2 Å². The maximum absolute atomic E-state index is 13.0. The van der Waals surface area contributed by atoms with Gasteiger partial charge >= 0.3 is 0 Å². The van der Waals surface area contributed by atoms with Crippen LogP contribution in [0.25, 0.3) is 22.0 Å². The van der Waals surface area contributed by atoms with Gasteiger partial charge in [0.15, 0.2) is 5.60 Å². The van der Waals surface area contributed by atoms with Crippen LogP contribution in [0.5, 0.6) is 0 Å². The lowest BCUT2D eigenvalue weighted by atomic mass is 9.81. The van der Waals surface area contributed by atoms with Crippen molar-refractivity contribution in [2.75, 3.05) is 13.6 Å². The molecule has 7 nitrogen and oxygen atoms in total. The van der Waals surface area contributed by atoms with E-state index in [0.29, 0.717) is 45.0 Å². The molecule has 8 heteroatoms. The molecule has 4 N–H and O–H groups in total. The molecule has 0 aliphatic carbocycles. The summed E-state index contributed by atoms with van der Waals surface area (Å²) in [4.78, 5) is 27.6. The van der Waals surface area contributed by atoms with Gasteiger partial charge in [-0.2, -0.15) is 0 Å². The molecule has 1 aromatic heterocycles. The fourth-order valence-corrected chi connectivity index (χ4v) is 6.25. The number of halogens is 1. The number of carbonyl (C=O) groups is 1. The van der Waals surface area contributed by atoms with E-state index >= 15 is 0 Å². The van der Waals surface area contributed by atoms with E-state index in [9.17, 15) is 14.7 Å². The Kier molecular flexibility index (Phi) is 12.5. The smallest absolute Gasteiger partial charge is 0.251 e. The number of unbranched alkanes of at least 4 members (excludes halogenated alkanes) is 7. The van der Waals surface area contributed by atoms with Gasteiger partial charge in [0.25, 0.3) is 11.5 Å². The highest BCUT2D eigenvalue weighted by molar-refractivity contribution is 6.30. The SMILES string of the molecule is C=CN(C)/C(=C\N)C(O)(c1ccc(C(=O)NCCCCCCCCCC)cc1)c1ccc2c(c1)c(-c1cccc(Cl)c1)cc(=O)n2C. The lowest BCUT2D eigenvalue weighted by Gasteiger charge is -2.36. The number of hydrogen-bond acceptors (Lipinski definition) is 5. The Morgan fingerprint density at radius 2 is 1.64 bits per heavy atom. The number of fused-ring (bicyclic) bond motifs is 1. The molecule has 0 saturated carbocycles. The largest absolute Gasteiger partial charge is 0.403 e. The van der Waals surface area contributed by atoms with Gasteiger partial charge in [0.05, 0.1) is 11.2 Å². The molecule has 0 bridgehead atoms. The fourth-order valence-electron chi connectivity index (χ4n) is 6.06. The second-order valence-corrected chi connectivity index (χ2v) is 12.5. The van der Waals surface area contributed by atoms with Gasteiger partial charge < -0.3 is 25.6 Å². The summed E-state index contributed by atoms with van der Waals surface area (Å²) >= 11 is 6.33. The highest BCUT2D eigenvalue weighted by atomic mass is 35.5. The minimum absolute atomic E-state index is 0.154. The molecular weight excluding hydrogens is 608 g/mol. The average molecular weight is 655 g/mol. The Balaban J connectivity index is 1.67. The number of aryl methyl sites for hydroxylation is 1. The van der Waals surface area contributed by atoms with E-state index in [1.807, 2.05) is 30.3 Å². The predicted octanol–water partition coefficient (Wildman–Crippen LogP) is 7.84. The monoisotopic (exact) mass is 654 g/mol. The summed E-state index contributed by atoms with van der Waals surface area (Å²) in [6, 6.07) is 21.3. The zero-order valence-electron chi connectivity index (χ0n) is 27.8. The molecule has 0 saturated heterocycles. The lowest BCUT2D eigenvalue weighted by molar-refractivity contribution is 0.0943. The number of aliphatic hydroxyl groups is 1. The number of likely N-dealkylation sites (N-methyl/N-ethyl adjacent to an activating group) is 1. The van der Waals surface area contributed by atoms with E-state index in [4.69, 9.17) is 17.3 Å². The Morgan fingerprint density at radius 3 is 2.28 bits per heavy atom. The van der Waals surface area contributed by atoms with Crippen LogP contribution in [0.15, 0.2) is 102 Å². The zero-order valence-corrected chi connectivity index (χ0v) is 28.5. The first-order chi connectivity index (χ1) is 22.6. The summed E-state index contributed by atoms with van der Waals surface area (Å²) in [7, 11) is 3.47. The Bertz CT molecular complexity index is 1780. The van der Waals surface area contributed by atoms with Crippen molar-refractivity contribution >= 4 is 28.4 Å². The van der Waals surface area contributed by atoms with E-state index < -0.39 is 5.60 Å². The number of aromatic nitrogens is 1. The van der Waals surface area contributed by atoms with Crippen LogP contribution in [0.1, 0.15) is 79.8 Å². The quantitative estimate of drug-likeness (QED) is 0.107. The van der Waals surface area contributed by atoms with Crippen LogP contribution >= 0.6 is 11.6 Å². The molecule has 0 fully saturated rings. The van der Waals surface area contributed by atoms with Crippen molar-refractivity contribution < 1.29 is 9.90 Å². The molecule has 3 aromatic carbocycles. The Hall–Kier alpha value is -4.33. The predicted molar refractivity (Wildman–Crippen MR) is 194 cm³/mol. The van der Waals surface area contributed by atoms with Crippen molar-refractivity contribution in [3.8, 4) is 11.1 Å². The summed E-state index contributed by atoms with van der Waals surface area (Å²) in [6.45, 7) is 6.73. The lowest BCUT2D eigenvalue weighted by Crippen LogP contribution is -2.37. The molecule has 4 aromatic rings. The fraction of sp³-hybridized carbons (Fsp3) is 0.333. The highest BCUT2D eigenvalue weighted by Crippen LogP contribution is 2.40. The van der Waals surface area contributed by atoms with Crippen LogP contribution in [0.2, 0.25) is 5.02 Å². The van der Waals surface area contributed by atoms with Gasteiger partial charge in [-0.25, -0.2) is 0 Å². The molecule has 47 heavy (non-hydrogen) atoms. The second-order valence-electron chi connectivity index (χ2n) is 12.1. The minimum Gasteiger partial charge on any atom is -0.403 e. The van der Waals surface area contributed by atoms with E-state index in [1.165, 1.54) is 44.7 Å². The van der Waals surface area contributed by atoms with Crippen LogP contribution in [0.4, 0.5) is 0 Å². The van der Waals surface area contributed by atoms with Crippen molar-refractivity contribution in [3.05, 3.63) is 130 Å². The number of pyridine rings is 1. The third-order valence-electron chi connectivity index (χ3n) is 8.86. The van der Waals surface area contributed by atoms with Gasteiger partial charge in [0, 0.05) is 48.9 Å². The van der Waals surface area contributed by atoms with E-state index in [0.717, 1.165) is 23.8 Å². The van der Waals surface area contributed by atoms with Gasteiger partial charge in [-0.1, -0.05) is 100 Å². The second kappa shape index (κ2) is 16.5. The van der Waals surface area contributed by atoms with Crippen LogP contribution in [-0.2, 0) is 12.6 Å². The van der Waals surface area contributed by atoms with Gasteiger partial charge in [-0.15, -0.1) is 0 Å². The molecule has 1 atom stereocenters. The first kappa shape index (κ1) is 35.5. The van der Waals surface area contributed by atoms with Crippen molar-refractivity contribution in [3.63, 3.8) is 0 Å². The molecule has 0 aliphatic heterocycles. The van der Waals surface area contributed by atoms with Crippen molar-refractivity contribution in [2.24, 2.45) is 12.8 Å². The van der Waals surface area contributed by atoms with Gasteiger partial charge in [-0.05, 0) is 71.3 Å². The van der Waals surface area contributed by atoms with E-state index in [2.05, 4.69) is 18.8 Å². The molecule has 1 heterocycles. The van der Waals surface area contributed by atoms with Crippen LogP contribution in [0, 0.1) is 0 Å². The molecule has 1 amide bonds. The molecule has 0 aliphatic rings. The maximum Gasteiger partial charge on any atom is 0.251 e. The number of nitrogens with two attached hydrogens (primary N) is 1. The molecule has 0 radical (unpaired) electrons. The minimum atomic E-state index is -1.74. The van der Waals surface area contributed by atoms with Crippen LogP contribution in [-0.4, -0.2) is 34.1 Å². The number of benzene rings is 3. The molecule has 248 valence electrons. The zero-order chi connectivity index (χ0) is 34.0. The molecular formula is C39H47ClN4O3. The molecule has 1 unspecified atom stereocenters. The number of nitrogens with zero attached hydrogens (tertiary/aromatic N) is 2. The standard InChI is InChI=1S/C39H47ClN4O3/c1-5-7-8-9-10-11-12-13-23-42-38(46)28-17-19-30(20-18-28)39(47,36(27-41)43(3)6-2)31-21-22-35-34(25-31)33(26-37(45)44(35)4)29-15-14-16-32(40)24-29/h6,14-22,24-27,47H,2,5,7-13,23,41H2,1,3-4H3,(H,42,46)/b36-27-.